The monoisotopic (exact) mass is 607 g/mol. The van der Waals surface area contributed by atoms with Crippen LogP contribution in [0.15, 0.2) is 0 Å². The molecule has 2 heteroatoms. The Hall–Kier alpha value is -0.0800. The van der Waals surface area contributed by atoms with Gasteiger partial charge in [0, 0.05) is 6.04 Å². The quantitative estimate of drug-likeness (QED) is 0.0708. The second kappa shape index (κ2) is 38.1. The number of nitrogens with zero attached hydrogens (tertiary/aromatic N) is 1. The lowest BCUT2D eigenvalue weighted by atomic mass is 10.0. The van der Waals surface area contributed by atoms with Crippen LogP contribution in [0.3, 0.4) is 0 Å². The lowest BCUT2D eigenvalue weighted by molar-refractivity contribution is 0.175. The highest BCUT2D eigenvalue weighted by Crippen LogP contribution is 2.17. The minimum absolute atomic E-state index is 0.706. The Morgan fingerprint density at radius 2 is 0.581 bits per heavy atom. The maximum Gasteiger partial charge on any atom is 0.0105 e. The number of hydrogen-bond acceptors (Lipinski definition) is 2. The molecule has 0 bridgehead atoms. The van der Waals surface area contributed by atoms with Gasteiger partial charge in [-0.3, -0.25) is 0 Å². The van der Waals surface area contributed by atoms with E-state index < -0.39 is 0 Å². The van der Waals surface area contributed by atoms with Crippen molar-refractivity contribution in [2.45, 2.75) is 245 Å². The van der Waals surface area contributed by atoms with Crippen LogP contribution >= 0.6 is 0 Å². The second-order valence-corrected chi connectivity index (χ2v) is 14.3. The van der Waals surface area contributed by atoms with Crippen LogP contribution in [0, 0.1) is 0 Å². The maximum absolute atomic E-state index is 6.00. The molecule has 0 saturated carbocycles. The van der Waals surface area contributed by atoms with Gasteiger partial charge in [-0.25, -0.2) is 0 Å². The van der Waals surface area contributed by atoms with Gasteiger partial charge in [-0.2, -0.15) is 0 Å². The highest BCUT2D eigenvalue weighted by molar-refractivity contribution is 4.71. The zero-order chi connectivity index (χ0) is 31.3. The number of nitrogens with two attached hydrogens (primary N) is 1. The summed E-state index contributed by atoms with van der Waals surface area (Å²) in [6.07, 6.45) is 48.9. The molecule has 0 aromatic carbocycles. The first-order valence-corrected chi connectivity index (χ1v) is 20.7. The van der Waals surface area contributed by atoms with Crippen LogP contribution in [0.25, 0.3) is 0 Å². The van der Waals surface area contributed by atoms with E-state index in [1.54, 1.807) is 0 Å². The SMILES string of the molecule is CCCCCCCCCCCCCCCCCCN(CCCCCCCCCCCCCCCCCC)C(CC)CCN. The van der Waals surface area contributed by atoms with Crippen LogP contribution in [-0.4, -0.2) is 30.6 Å². The summed E-state index contributed by atoms with van der Waals surface area (Å²) in [6.45, 7) is 10.4. The average molecular weight is 607 g/mol. The van der Waals surface area contributed by atoms with Crippen LogP contribution in [0.2, 0.25) is 0 Å². The third-order valence-corrected chi connectivity index (χ3v) is 10.1. The van der Waals surface area contributed by atoms with Crippen LogP contribution in [0.5, 0.6) is 0 Å². The summed E-state index contributed by atoms with van der Waals surface area (Å²) in [5, 5.41) is 0. The van der Waals surface area contributed by atoms with Gasteiger partial charge in [0.05, 0.1) is 0 Å². The molecule has 260 valence electrons. The molecule has 0 aliphatic rings. The third kappa shape index (κ3) is 33.1. The largest absolute Gasteiger partial charge is 0.330 e. The highest BCUT2D eigenvalue weighted by atomic mass is 15.1. The minimum Gasteiger partial charge on any atom is -0.330 e. The predicted molar refractivity (Wildman–Crippen MR) is 198 cm³/mol. The molecule has 0 aliphatic carbocycles. The summed E-state index contributed by atoms with van der Waals surface area (Å²) in [4.78, 5) is 2.82. The highest BCUT2D eigenvalue weighted by Gasteiger charge is 2.15. The van der Waals surface area contributed by atoms with E-state index >= 15 is 0 Å². The smallest absolute Gasteiger partial charge is 0.0105 e. The molecule has 0 amide bonds. The fourth-order valence-corrected chi connectivity index (χ4v) is 7.04. The lowest BCUT2D eigenvalue weighted by Crippen LogP contribution is -2.38. The van der Waals surface area contributed by atoms with Crippen molar-refractivity contribution in [2.24, 2.45) is 5.73 Å². The summed E-state index contributed by atoms with van der Waals surface area (Å²) < 4.78 is 0. The Kier molecular flexibility index (Phi) is 38.0. The average Bonchev–Trinajstić information content (AvgIpc) is 3.02. The molecular formula is C41H86N2. The number of rotatable bonds is 38. The predicted octanol–water partition coefficient (Wildman–Crippen LogP) is 13.9. The number of unbranched alkanes of at least 4 members (excludes halogenated alkanes) is 30. The molecule has 1 unspecified atom stereocenters. The van der Waals surface area contributed by atoms with Gasteiger partial charge < -0.3 is 10.6 Å². The van der Waals surface area contributed by atoms with Crippen molar-refractivity contribution in [1.29, 1.82) is 0 Å². The first kappa shape index (κ1) is 42.9. The van der Waals surface area contributed by atoms with E-state index in [1.165, 1.54) is 231 Å². The normalized spacial score (nSPS) is 12.5. The van der Waals surface area contributed by atoms with Gasteiger partial charge in [0.15, 0.2) is 0 Å². The van der Waals surface area contributed by atoms with E-state index in [0.29, 0.717) is 6.04 Å². The molecule has 0 spiro atoms. The standard InChI is InChI=1S/C41H86N2/c1-4-7-9-11-13-15-17-19-21-23-25-27-29-31-33-35-39-43(41(6-3)37-38-42)40-36-34-32-30-28-26-24-22-20-18-16-14-12-10-8-5-2/h41H,4-40,42H2,1-3H3. The second-order valence-electron chi connectivity index (χ2n) is 14.3. The molecule has 2 nitrogen and oxygen atoms in total. The van der Waals surface area contributed by atoms with Gasteiger partial charge >= 0.3 is 0 Å². The van der Waals surface area contributed by atoms with E-state index in [-0.39, 0.29) is 0 Å². The zero-order valence-electron chi connectivity index (χ0n) is 30.8. The molecule has 0 saturated heterocycles. The molecular weight excluding hydrogens is 520 g/mol. The Morgan fingerprint density at radius 3 is 0.791 bits per heavy atom. The first-order valence-electron chi connectivity index (χ1n) is 20.7. The van der Waals surface area contributed by atoms with Gasteiger partial charge in [-0.1, -0.05) is 213 Å². The van der Waals surface area contributed by atoms with Crippen molar-refractivity contribution in [2.75, 3.05) is 19.6 Å². The molecule has 1 atom stereocenters. The molecule has 0 aliphatic heterocycles. The summed E-state index contributed by atoms with van der Waals surface area (Å²) in [5.74, 6) is 0. The molecule has 2 N–H and O–H groups in total. The van der Waals surface area contributed by atoms with E-state index in [1.807, 2.05) is 0 Å². The topological polar surface area (TPSA) is 29.3 Å². The Balaban J connectivity index is 3.68. The summed E-state index contributed by atoms with van der Waals surface area (Å²) in [7, 11) is 0. The fourth-order valence-electron chi connectivity index (χ4n) is 7.04. The number of hydrogen-bond donors (Lipinski definition) is 1. The van der Waals surface area contributed by atoms with Gasteiger partial charge in [-0.15, -0.1) is 0 Å². The molecule has 0 heterocycles. The van der Waals surface area contributed by atoms with E-state index in [2.05, 4.69) is 25.7 Å². The summed E-state index contributed by atoms with van der Waals surface area (Å²) >= 11 is 0. The van der Waals surface area contributed by atoms with Gasteiger partial charge in [0.25, 0.3) is 0 Å². The molecule has 43 heavy (non-hydrogen) atoms. The minimum atomic E-state index is 0.706. The zero-order valence-corrected chi connectivity index (χ0v) is 30.8. The van der Waals surface area contributed by atoms with E-state index in [4.69, 9.17) is 5.73 Å². The third-order valence-electron chi connectivity index (χ3n) is 10.1. The Bertz CT molecular complexity index is 442. The van der Waals surface area contributed by atoms with E-state index in [9.17, 15) is 0 Å². The van der Waals surface area contributed by atoms with Crippen molar-refractivity contribution >= 4 is 0 Å². The molecule has 0 fully saturated rings. The van der Waals surface area contributed by atoms with E-state index in [0.717, 1.165) is 6.54 Å². The first-order chi connectivity index (χ1) is 21.3. The van der Waals surface area contributed by atoms with Crippen molar-refractivity contribution in [1.82, 2.24) is 4.90 Å². The van der Waals surface area contributed by atoms with Crippen LogP contribution < -0.4 is 5.73 Å². The van der Waals surface area contributed by atoms with Crippen LogP contribution in [-0.2, 0) is 0 Å². The summed E-state index contributed by atoms with van der Waals surface area (Å²) in [6, 6.07) is 0.706. The van der Waals surface area contributed by atoms with Crippen molar-refractivity contribution in [3.63, 3.8) is 0 Å². The van der Waals surface area contributed by atoms with Gasteiger partial charge in [0.1, 0.15) is 0 Å². The van der Waals surface area contributed by atoms with Crippen molar-refractivity contribution < 1.29 is 0 Å². The molecule has 0 aromatic rings. The van der Waals surface area contributed by atoms with Gasteiger partial charge in [-0.05, 0) is 45.3 Å². The van der Waals surface area contributed by atoms with Gasteiger partial charge in [0.2, 0.25) is 0 Å². The molecule has 0 aromatic heterocycles. The molecule has 0 radical (unpaired) electrons. The summed E-state index contributed by atoms with van der Waals surface area (Å²) in [5.41, 5.74) is 6.00. The van der Waals surface area contributed by atoms with Crippen molar-refractivity contribution in [3.8, 4) is 0 Å². The van der Waals surface area contributed by atoms with Crippen LogP contribution in [0.4, 0.5) is 0 Å². The van der Waals surface area contributed by atoms with Crippen LogP contribution in [0.1, 0.15) is 239 Å². The Morgan fingerprint density at radius 1 is 0.349 bits per heavy atom. The van der Waals surface area contributed by atoms with Crippen molar-refractivity contribution in [3.05, 3.63) is 0 Å². The fraction of sp³-hybridized carbons (Fsp3) is 1.00. The lowest BCUT2D eigenvalue weighted by Gasteiger charge is -2.31. The maximum atomic E-state index is 6.00. The Labute approximate surface area is 274 Å². The molecule has 0 rings (SSSR count).